The first kappa shape index (κ1) is 10.2. The molecule has 3 rings (SSSR count). The molecule has 0 atom stereocenters. The Labute approximate surface area is 99.9 Å². The molecule has 0 unspecified atom stereocenters. The number of para-hydroxylation sites is 4. The average molecular weight is 226 g/mol. The second-order valence-electron chi connectivity index (χ2n) is 3.89. The van der Waals surface area contributed by atoms with Gasteiger partial charge in [-0.25, -0.2) is 5.11 Å². The Kier molecular flexibility index (Phi) is 2.46. The molecule has 3 heteroatoms. The van der Waals surface area contributed by atoms with Crippen LogP contribution in [0.4, 0.5) is 11.4 Å². The Balaban J connectivity index is 2.13. The van der Waals surface area contributed by atoms with Gasteiger partial charge in [-0.2, -0.15) is 0 Å². The lowest BCUT2D eigenvalue weighted by atomic mass is 10.1. The molecule has 0 spiro atoms. The van der Waals surface area contributed by atoms with Crippen LogP contribution < -0.4 is 9.64 Å². The molecule has 0 saturated carbocycles. The Morgan fingerprint density at radius 1 is 0.882 bits per heavy atom. The third kappa shape index (κ3) is 1.65. The highest BCUT2D eigenvalue weighted by Crippen LogP contribution is 2.45. The molecule has 0 aliphatic carbocycles. The molecular weight excluding hydrogens is 214 g/mol. The van der Waals surface area contributed by atoms with Crippen molar-refractivity contribution < 1.29 is 9.84 Å². The second kappa shape index (κ2) is 4.11. The molecule has 1 heterocycles. The third-order valence-corrected chi connectivity index (χ3v) is 2.85. The lowest BCUT2D eigenvalue weighted by Gasteiger charge is -2.31. The third-order valence-electron chi connectivity index (χ3n) is 2.85. The molecular formula is C14H12NO2. The van der Waals surface area contributed by atoms with E-state index in [1.54, 1.807) is 0 Å². The Bertz CT molecular complexity index is 494. The van der Waals surface area contributed by atoms with E-state index >= 15 is 0 Å². The summed E-state index contributed by atoms with van der Waals surface area (Å²) < 4.78 is 5.81. The number of benzene rings is 2. The van der Waals surface area contributed by atoms with Crippen LogP contribution in [0.25, 0.3) is 0 Å². The van der Waals surface area contributed by atoms with Crippen LogP contribution in [0, 0.1) is 0 Å². The van der Waals surface area contributed by atoms with Gasteiger partial charge < -0.3 is 9.64 Å². The first-order valence-corrected chi connectivity index (χ1v) is 5.62. The summed E-state index contributed by atoms with van der Waals surface area (Å²) in [6.45, 7) is 0.319. The molecule has 0 N–H and O–H groups in total. The molecule has 2 aromatic carbocycles. The van der Waals surface area contributed by atoms with Crippen molar-refractivity contribution in [3.05, 3.63) is 48.5 Å². The van der Waals surface area contributed by atoms with E-state index in [4.69, 9.17) is 4.74 Å². The maximum atomic E-state index is 10.9. The van der Waals surface area contributed by atoms with Gasteiger partial charge in [0.1, 0.15) is 6.61 Å². The molecule has 0 fully saturated rings. The molecule has 1 aliphatic heterocycles. The minimum Gasteiger partial charge on any atom is -0.453 e. The van der Waals surface area contributed by atoms with Crippen LogP contribution in [0.15, 0.2) is 48.5 Å². The van der Waals surface area contributed by atoms with Crippen LogP contribution >= 0.6 is 0 Å². The van der Waals surface area contributed by atoms with Crippen molar-refractivity contribution in [2.75, 3.05) is 18.1 Å². The Morgan fingerprint density at radius 2 is 1.41 bits per heavy atom. The second-order valence-corrected chi connectivity index (χ2v) is 3.89. The van der Waals surface area contributed by atoms with Crippen molar-refractivity contribution in [3.8, 4) is 11.5 Å². The molecule has 0 amide bonds. The largest absolute Gasteiger partial charge is 0.453 e. The monoisotopic (exact) mass is 226 g/mol. The fraction of sp³-hybridized carbons (Fsp3) is 0.143. The molecule has 3 nitrogen and oxygen atoms in total. The van der Waals surface area contributed by atoms with Gasteiger partial charge in [-0.05, 0) is 24.3 Å². The van der Waals surface area contributed by atoms with E-state index in [0.29, 0.717) is 6.54 Å². The molecule has 0 bridgehead atoms. The zero-order chi connectivity index (χ0) is 11.7. The molecule has 2 aromatic rings. The van der Waals surface area contributed by atoms with Crippen LogP contribution in [0.1, 0.15) is 0 Å². The summed E-state index contributed by atoms with van der Waals surface area (Å²) in [6.07, 6.45) is 0. The lowest BCUT2D eigenvalue weighted by molar-refractivity contribution is 0.202. The van der Waals surface area contributed by atoms with Gasteiger partial charge in [-0.1, -0.05) is 24.3 Å². The van der Waals surface area contributed by atoms with Gasteiger partial charge in [0, 0.05) is 0 Å². The van der Waals surface area contributed by atoms with Gasteiger partial charge in [-0.15, -0.1) is 0 Å². The summed E-state index contributed by atoms with van der Waals surface area (Å²) in [7, 11) is 0. The van der Waals surface area contributed by atoms with Crippen molar-refractivity contribution in [1.29, 1.82) is 0 Å². The van der Waals surface area contributed by atoms with Crippen molar-refractivity contribution in [2.24, 2.45) is 0 Å². The standard InChI is InChI=1S/C14H12NO2/c16-10-9-15-11-5-1-3-7-13(11)17-14-8-4-2-6-12(14)15/h1-8H,9-10H2. The molecule has 17 heavy (non-hydrogen) atoms. The van der Waals surface area contributed by atoms with Gasteiger partial charge in [0.25, 0.3) is 0 Å². The summed E-state index contributed by atoms with van der Waals surface area (Å²) in [6, 6.07) is 15.6. The van der Waals surface area contributed by atoms with E-state index in [-0.39, 0.29) is 6.61 Å². The van der Waals surface area contributed by atoms with E-state index in [0.717, 1.165) is 22.9 Å². The molecule has 1 radical (unpaired) electrons. The van der Waals surface area contributed by atoms with Crippen molar-refractivity contribution >= 4 is 11.4 Å². The van der Waals surface area contributed by atoms with Crippen molar-refractivity contribution in [1.82, 2.24) is 0 Å². The highest BCUT2D eigenvalue weighted by atomic mass is 16.5. The summed E-state index contributed by atoms with van der Waals surface area (Å²) in [5, 5.41) is 10.9. The first-order chi connectivity index (χ1) is 8.40. The summed E-state index contributed by atoms with van der Waals surface area (Å²) >= 11 is 0. The minimum absolute atomic E-state index is 0.136. The Hall–Kier alpha value is -2.00. The molecule has 85 valence electrons. The van der Waals surface area contributed by atoms with Crippen LogP contribution in [-0.4, -0.2) is 13.2 Å². The van der Waals surface area contributed by atoms with Gasteiger partial charge in [-0.3, -0.25) is 0 Å². The van der Waals surface area contributed by atoms with Crippen molar-refractivity contribution in [3.63, 3.8) is 0 Å². The maximum absolute atomic E-state index is 10.9. The minimum atomic E-state index is -0.136. The van der Waals surface area contributed by atoms with Gasteiger partial charge in [0.05, 0.1) is 17.9 Å². The zero-order valence-electron chi connectivity index (χ0n) is 9.30. The number of anilines is 2. The molecule has 0 aromatic heterocycles. The predicted molar refractivity (Wildman–Crippen MR) is 65.5 cm³/mol. The van der Waals surface area contributed by atoms with E-state index in [9.17, 15) is 5.11 Å². The average Bonchev–Trinajstić information content (AvgIpc) is 2.39. The smallest absolute Gasteiger partial charge is 0.151 e. The highest BCUT2D eigenvalue weighted by Gasteiger charge is 2.22. The first-order valence-electron chi connectivity index (χ1n) is 5.62. The summed E-state index contributed by atoms with van der Waals surface area (Å²) in [4.78, 5) is 2.02. The number of fused-ring (bicyclic) bond motifs is 2. The van der Waals surface area contributed by atoms with Gasteiger partial charge >= 0.3 is 0 Å². The zero-order valence-corrected chi connectivity index (χ0v) is 9.30. The van der Waals surface area contributed by atoms with Crippen LogP contribution in [0.5, 0.6) is 11.5 Å². The summed E-state index contributed by atoms with van der Waals surface area (Å²) in [5.74, 6) is 1.61. The topological polar surface area (TPSA) is 32.4 Å². The van der Waals surface area contributed by atoms with Gasteiger partial charge in [0.2, 0.25) is 0 Å². The number of nitrogens with zero attached hydrogens (tertiary/aromatic N) is 1. The summed E-state index contributed by atoms with van der Waals surface area (Å²) in [5.41, 5.74) is 1.92. The normalized spacial score (nSPS) is 12.6. The van der Waals surface area contributed by atoms with E-state index in [1.807, 2.05) is 53.4 Å². The van der Waals surface area contributed by atoms with Crippen LogP contribution in [-0.2, 0) is 5.11 Å². The fourth-order valence-corrected chi connectivity index (χ4v) is 2.11. The fourth-order valence-electron chi connectivity index (χ4n) is 2.11. The van der Waals surface area contributed by atoms with Crippen LogP contribution in [0.3, 0.4) is 0 Å². The molecule has 1 aliphatic rings. The number of ether oxygens (including phenoxy) is 1. The number of hydrogen-bond donors (Lipinski definition) is 0. The van der Waals surface area contributed by atoms with E-state index in [2.05, 4.69) is 0 Å². The van der Waals surface area contributed by atoms with E-state index < -0.39 is 0 Å². The van der Waals surface area contributed by atoms with Crippen molar-refractivity contribution in [2.45, 2.75) is 0 Å². The van der Waals surface area contributed by atoms with E-state index in [1.165, 1.54) is 0 Å². The number of hydrogen-bond acceptors (Lipinski definition) is 2. The van der Waals surface area contributed by atoms with Gasteiger partial charge in [0.15, 0.2) is 11.5 Å². The number of rotatable bonds is 2. The lowest BCUT2D eigenvalue weighted by Crippen LogP contribution is -2.24. The highest BCUT2D eigenvalue weighted by molar-refractivity contribution is 5.77. The predicted octanol–water partition coefficient (Wildman–Crippen LogP) is 3.36. The Morgan fingerprint density at radius 3 is 1.94 bits per heavy atom. The SMILES string of the molecule is [O]CCN1c2ccccc2Oc2ccccc21. The quantitative estimate of drug-likeness (QED) is 0.786. The maximum Gasteiger partial charge on any atom is 0.151 e. The van der Waals surface area contributed by atoms with Crippen LogP contribution in [0.2, 0.25) is 0 Å². The molecule has 0 saturated heterocycles.